The summed E-state index contributed by atoms with van der Waals surface area (Å²) in [7, 11) is 0. The first kappa shape index (κ1) is 14.9. The van der Waals surface area contributed by atoms with E-state index in [9.17, 15) is 4.79 Å². The van der Waals surface area contributed by atoms with Gasteiger partial charge in [0.1, 0.15) is 0 Å². The number of hydrogen-bond donors (Lipinski definition) is 1. The predicted octanol–water partition coefficient (Wildman–Crippen LogP) is 3.53. The van der Waals surface area contributed by atoms with Crippen LogP contribution in [0.4, 0.5) is 0 Å². The van der Waals surface area contributed by atoms with Gasteiger partial charge in [0, 0.05) is 36.0 Å². The number of halogens is 1. The quantitative estimate of drug-likeness (QED) is 0.830. The number of thioether (sulfide) groups is 1. The zero-order chi connectivity index (χ0) is 14.2. The van der Waals surface area contributed by atoms with Crippen molar-refractivity contribution in [3.63, 3.8) is 0 Å². The van der Waals surface area contributed by atoms with E-state index in [1.807, 2.05) is 36.4 Å². The number of carbonyl (C=O) groups is 1. The Hall–Kier alpha value is -1.52. The fraction of sp³-hybridized carbons (Fsp3) is 0.200. The Labute approximate surface area is 127 Å². The number of carbonyl (C=O) groups excluding carboxylic acids is 1. The molecule has 0 saturated carbocycles. The molecule has 1 aromatic heterocycles. The van der Waals surface area contributed by atoms with Gasteiger partial charge in [0.15, 0.2) is 0 Å². The van der Waals surface area contributed by atoms with Crippen molar-refractivity contribution in [1.29, 1.82) is 0 Å². The molecule has 2 aromatic rings. The lowest BCUT2D eigenvalue weighted by Gasteiger charge is -2.06. The second kappa shape index (κ2) is 7.92. The van der Waals surface area contributed by atoms with Crippen molar-refractivity contribution in [2.45, 2.75) is 17.9 Å². The summed E-state index contributed by atoms with van der Waals surface area (Å²) in [6.07, 6.45) is 3.93. The lowest BCUT2D eigenvalue weighted by Crippen LogP contribution is -2.23. The highest BCUT2D eigenvalue weighted by Gasteiger charge is 2.04. The molecule has 5 heteroatoms. The molecular formula is C15H15ClN2OS. The van der Waals surface area contributed by atoms with Gasteiger partial charge in [-0.3, -0.25) is 9.78 Å². The molecule has 3 nitrogen and oxygen atoms in total. The number of amides is 1. The van der Waals surface area contributed by atoms with E-state index >= 15 is 0 Å². The van der Waals surface area contributed by atoms with Gasteiger partial charge in [0.25, 0.3) is 0 Å². The molecule has 1 heterocycles. The third-order valence-electron chi connectivity index (χ3n) is 2.64. The van der Waals surface area contributed by atoms with Crippen LogP contribution >= 0.6 is 23.4 Å². The van der Waals surface area contributed by atoms with E-state index in [1.165, 1.54) is 0 Å². The second-order valence-electron chi connectivity index (χ2n) is 4.17. The van der Waals surface area contributed by atoms with Crippen LogP contribution in [0.1, 0.15) is 12.0 Å². The summed E-state index contributed by atoms with van der Waals surface area (Å²) in [5, 5.41) is 3.60. The van der Waals surface area contributed by atoms with E-state index in [0.29, 0.717) is 18.7 Å². The van der Waals surface area contributed by atoms with Crippen LogP contribution in [0.2, 0.25) is 5.02 Å². The summed E-state index contributed by atoms with van der Waals surface area (Å²) >= 11 is 7.64. The topological polar surface area (TPSA) is 42.0 Å². The van der Waals surface area contributed by atoms with Crippen molar-refractivity contribution in [1.82, 2.24) is 10.3 Å². The number of hydrogen-bond acceptors (Lipinski definition) is 3. The Morgan fingerprint density at radius 1 is 1.25 bits per heavy atom. The monoisotopic (exact) mass is 306 g/mol. The zero-order valence-corrected chi connectivity index (χ0v) is 12.5. The van der Waals surface area contributed by atoms with Gasteiger partial charge in [-0.05, 0) is 23.8 Å². The van der Waals surface area contributed by atoms with Crippen LogP contribution in [0, 0.1) is 0 Å². The highest BCUT2D eigenvalue weighted by molar-refractivity contribution is 7.99. The summed E-state index contributed by atoms with van der Waals surface area (Å²) in [5.41, 5.74) is 1.000. The molecule has 0 atom stereocenters. The third kappa shape index (κ3) is 4.87. The summed E-state index contributed by atoms with van der Waals surface area (Å²) in [4.78, 5) is 16.7. The van der Waals surface area contributed by atoms with Crippen molar-refractivity contribution in [3.05, 3.63) is 59.4 Å². The molecule has 0 bridgehead atoms. The number of pyridine rings is 1. The Morgan fingerprint density at radius 3 is 2.85 bits per heavy atom. The van der Waals surface area contributed by atoms with Gasteiger partial charge < -0.3 is 5.32 Å². The minimum atomic E-state index is 0.0356. The molecule has 0 spiro atoms. The van der Waals surface area contributed by atoms with Crippen molar-refractivity contribution in [2.75, 3.05) is 5.75 Å². The van der Waals surface area contributed by atoms with E-state index < -0.39 is 0 Å². The second-order valence-corrected chi connectivity index (χ2v) is 5.71. The number of benzene rings is 1. The molecule has 2 rings (SSSR count). The molecule has 0 aliphatic rings. The van der Waals surface area contributed by atoms with E-state index in [-0.39, 0.29) is 5.91 Å². The molecule has 0 unspecified atom stereocenters. The molecule has 1 amide bonds. The van der Waals surface area contributed by atoms with Crippen LogP contribution < -0.4 is 5.32 Å². The fourth-order valence-corrected chi connectivity index (χ4v) is 2.79. The SMILES string of the molecule is O=C(CCSc1ccccc1Cl)NCc1cccnc1. The predicted molar refractivity (Wildman–Crippen MR) is 82.9 cm³/mol. The molecule has 0 radical (unpaired) electrons. The highest BCUT2D eigenvalue weighted by atomic mass is 35.5. The Kier molecular flexibility index (Phi) is 5.89. The first-order valence-corrected chi connectivity index (χ1v) is 7.65. The maximum Gasteiger partial charge on any atom is 0.221 e. The number of nitrogens with zero attached hydrogens (tertiary/aromatic N) is 1. The normalized spacial score (nSPS) is 10.2. The summed E-state index contributed by atoms with van der Waals surface area (Å²) in [6, 6.07) is 11.4. The maximum atomic E-state index is 11.7. The third-order valence-corrected chi connectivity index (χ3v) is 4.15. The minimum absolute atomic E-state index is 0.0356. The molecule has 1 aromatic carbocycles. The Morgan fingerprint density at radius 2 is 2.10 bits per heavy atom. The van der Waals surface area contributed by atoms with Crippen LogP contribution in [0.15, 0.2) is 53.7 Å². The standard InChI is InChI=1S/C15H15ClN2OS/c16-13-5-1-2-6-14(13)20-9-7-15(19)18-11-12-4-3-8-17-10-12/h1-6,8,10H,7,9,11H2,(H,18,19). The van der Waals surface area contributed by atoms with E-state index in [4.69, 9.17) is 11.6 Å². The number of aromatic nitrogens is 1. The average Bonchev–Trinajstić information content (AvgIpc) is 2.48. The number of nitrogens with one attached hydrogen (secondary N) is 1. The Balaban J connectivity index is 1.69. The molecule has 1 N–H and O–H groups in total. The van der Waals surface area contributed by atoms with E-state index in [0.717, 1.165) is 15.5 Å². The summed E-state index contributed by atoms with van der Waals surface area (Å²) in [5.74, 6) is 0.746. The molecule has 20 heavy (non-hydrogen) atoms. The van der Waals surface area contributed by atoms with Crippen LogP contribution in [0.3, 0.4) is 0 Å². The van der Waals surface area contributed by atoms with Gasteiger partial charge in [-0.15, -0.1) is 11.8 Å². The summed E-state index contributed by atoms with van der Waals surface area (Å²) in [6.45, 7) is 0.517. The first-order chi connectivity index (χ1) is 9.75. The Bertz CT molecular complexity index is 563. The van der Waals surface area contributed by atoms with Gasteiger partial charge in [0.05, 0.1) is 5.02 Å². The van der Waals surface area contributed by atoms with Gasteiger partial charge >= 0.3 is 0 Å². The van der Waals surface area contributed by atoms with E-state index in [2.05, 4.69) is 10.3 Å². The maximum absolute atomic E-state index is 11.7. The van der Waals surface area contributed by atoms with E-state index in [1.54, 1.807) is 24.2 Å². The largest absolute Gasteiger partial charge is 0.352 e. The molecule has 104 valence electrons. The molecular weight excluding hydrogens is 292 g/mol. The fourth-order valence-electron chi connectivity index (χ4n) is 1.61. The summed E-state index contributed by atoms with van der Waals surface area (Å²) < 4.78 is 0. The first-order valence-electron chi connectivity index (χ1n) is 6.28. The van der Waals surface area contributed by atoms with Crippen LogP contribution in [-0.4, -0.2) is 16.6 Å². The number of rotatable bonds is 6. The van der Waals surface area contributed by atoms with Crippen molar-refractivity contribution < 1.29 is 4.79 Å². The molecule has 0 aliphatic heterocycles. The van der Waals surface area contributed by atoms with Crippen molar-refractivity contribution in [3.8, 4) is 0 Å². The van der Waals surface area contributed by atoms with Gasteiger partial charge in [-0.2, -0.15) is 0 Å². The van der Waals surface area contributed by atoms with Crippen LogP contribution in [0.25, 0.3) is 0 Å². The lowest BCUT2D eigenvalue weighted by atomic mass is 10.3. The molecule has 0 saturated heterocycles. The zero-order valence-electron chi connectivity index (χ0n) is 10.9. The lowest BCUT2D eigenvalue weighted by molar-refractivity contribution is -0.120. The van der Waals surface area contributed by atoms with Crippen LogP contribution in [0.5, 0.6) is 0 Å². The van der Waals surface area contributed by atoms with Crippen LogP contribution in [-0.2, 0) is 11.3 Å². The van der Waals surface area contributed by atoms with Gasteiger partial charge in [0.2, 0.25) is 5.91 Å². The average molecular weight is 307 g/mol. The minimum Gasteiger partial charge on any atom is -0.352 e. The van der Waals surface area contributed by atoms with Gasteiger partial charge in [-0.1, -0.05) is 29.8 Å². The van der Waals surface area contributed by atoms with Gasteiger partial charge in [-0.25, -0.2) is 0 Å². The van der Waals surface area contributed by atoms with Crippen molar-refractivity contribution >= 4 is 29.3 Å². The molecule has 0 aliphatic carbocycles. The molecule has 0 fully saturated rings. The highest BCUT2D eigenvalue weighted by Crippen LogP contribution is 2.26. The smallest absolute Gasteiger partial charge is 0.221 e. The van der Waals surface area contributed by atoms with Crippen molar-refractivity contribution in [2.24, 2.45) is 0 Å².